The summed E-state index contributed by atoms with van der Waals surface area (Å²) in [7, 11) is 0. The predicted molar refractivity (Wildman–Crippen MR) is 80.7 cm³/mol. The van der Waals surface area contributed by atoms with Crippen molar-refractivity contribution in [2.24, 2.45) is 5.92 Å². The monoisotopic (exact) mass is 316 g/mol. The van der Waals surface area contributed by atoms with Crippen molar-refractivity contribution in [2.45, 2.75) is 6.92 Å². The molecule has 1 aromatic rings. The van der Waals surface area contributed by atoms with Crippen LogP contribution in [-0.4, -0.2) is 38.8 Å². The molecule has 2 N–H and O–H groups in total. The summed E-state index contributed by atoms with van der Waals surface area (Å²) in [5, 5.41) is 7.17. The number of amides is 1. The Bertz CT molecular complexity index is 463. The first kappa shape index (κ1) is 15.6. The van der Waals surface area contributed by atoms with Crippen molar-refractivity contribution in [2.75, 3.05) is 32.8 Å². The van der Waals surface area contributed by atoms with Gasteiger partial charge in [0.25, 0.3) is 5.91 Å². The highest BCUT2D eigenvalue weighted by molar-refractivity contribution is 6.36. The number of nitrogens with one attached hydrogen (secondary N) is 2. The Morgan fingerprint density at radius 1 is 1.45 bits per heavy atom. The number of hydrogen-bond donors (Lipinski definition) is 2. The molecule has 0 radical (unpaired) electrons. The molecule has 110 valence electrons. The van der Waals surface area contributed by atoms with Gasteiger partial charge in [-0.3, -0.25) is 4.79 Å². The lowest BCUT2D eigenvalue weighted by atomic mass is 10.1. The van der Waals surface area contributed by atoms with E-state index in [1.54, 1.807) is 12.1 Å². The molecule has 1 fully saturated rings. The highest BCUT2D eigenvalue weighted by Crippen LogP contribution is 2.25. The summed E-state index contributed by atoms with van der Waals surface area (Å²) in [4.78, 5) is 12.1. The summed E-state index contributed by atoms with van der Waals surface area (Å²) < 4.78 is 5.44. The number of carbonyl (C=O) groups excluding carboxylic acids is 1. The lowest BCUT2D eigenvalue weighted by Gasteiger charge is -2.15. The van der Waals surface area contributed by atoms with Crippen LogP contribution < -0.4 is 10.6 Å². The third kappa shape index (κ3) is 4.09. The van der Waals surface area contributed by atoms with Crippen molar-refractivity contribution in [1.82, 2.24) is 10.6 Å². The molecule has 2 rings (SSSR count). The zero-order valence-electron chi connectivity index (χ0n) is 11.3. The zero-order chi connectivity index (χ0) is 14.5. The second-order valence-electron chi connectivity index (χ2n) is 4.92. The fraction of sp³-hybridized carbons (Fsp3) is 0.500. The van der Waals surface area contributed by atoms with Gasteiger partial charge in [-0.05, 0) is 24.6 Å². The topological polar surface area (TPSA) is 50.4 Å². The van der Waals surface area contributed by atoms with Gasteiger partial charge in [0.05, 0.1) is 13.2 Å². The van der Waals surface area contributed by atoms with Gasteiger partial charge in [-0.2, -0.15) is 0 Å². The van der Waals surface area contributed by atoms with Crippen molar-refractivity contribution in [1.29, 1.82) is 0 Å². The SMILES string of the molecule is Cc1c(Cl)cc(C(=O)NCC2CNCCOC2)cc1Cl. The lowest BCUT2D eigenvalue weighted by Crippen LogP contribution is -2.35. The molecule has 4 nitrogen and oxygen atoms in total. The van der Waals surface area contributed by atoms with Crippen LogP contribution in [-0.2, 0) is 4.74 Å². The number of ether oxygens (including phenoxy) is 1. The van der Waals surface area contributed by atoms with E-state index in [9.17, 15) is 4.79 Å². The summed E-state index contributed by atoms with van der Waals surface area (Å²) in [6.45, 7) is 5.45. The van der Waals surface area contributed by atoms with E-state index in [1.807, 2.05) is 6.92 Å². The maximum absolute atomic E-state index is 12.1. The standard InChI is InChI=1S/C14H18Cl2N2O2/c1-9-12(15)4-11(5-13(9)16)14(19)18-7-10-6-17-2-3-20-8-10/h4-5,10,17H,2-3,6-8H2,1H3,(H,18,19). The fourth-order valence-corrected chi connectivity index (χ4v) is 2.49. The molecule has 1 aliphatic rings. The summed E-state index contributed by atoms with van der Waals surface area (Å²) in [6.07, 6.45) is 0. The van der Waals surface area contributed by atoms with E-state index in [-0.39, 0.29) is 11.8 Å². The van der Waals surface area contributed by atoms with Gasteiger partial charge in [-0.1, -0.05) is 23.2 Å². The largest absolute Gasteiger partial charge is 0.380 e. The van der Waals surface area contributed by atoms with Crippen LogP contribution >= 0.6 is 23.2 Å². The van der Waals surface area contributed by atoms with Crippen LogP contribution in [0.3, 0.4) is 0 Å². The average Bonchev–Trinajstić information content (AvgIpc) is 2.70. The summed E-state index contributed by atoms with van der Waals surface area (Å²) in [5.41, 5.74) is 1.26. The van der Waals surface area contributed by atoms with Gasteiger partial charge >= 0.3 is 0 Å². The Kier molecular flexibility index (Phi) is 5.66. The molecule has 0 aromatic heterocycles. The summed E-state index contributed by atoms with van der Waals surface area (Å²) in [5.74, 6) is 0.107. The highest BCUT2D eigenvalue weighted by Gasteiger charge is 2.15. The number of carbonyl (C=O) groups is 1. The quantitative estimate of drug-likeness (QED) is 0.899. The van der Waals surface area contributed by atoms with Gasteiger partial charge in [0.15, 0.2) is 0 Å². The average molecular weight is 317 g/mol. The Balaban J connectivity index is 1.94. The highest BCUT2D eigenvalue weighted by atomic mass is 35.5. The first-order valence-corrected chi connectivity index (χ1v) is 7.36. The van der Waals surface area contributed by atoms with E-state index in [0.29, 0.717) is 35.4 Å². The smallest absolute Gasteiger partial charge is 0.251 e. The number of rotatable bonds is 3. The van der Waals surface area contributed by atoms with Crippen LogP contribution in [0.1, 0.15) is 15.9 Å². The maximum Gasteiger partial charge on any atom is 0.251 e. The van der Waals surface area contributed by atoms with Crippen molar-refractivity contribution >= 4 is 29.1 Å². The van der Waals surface area contributed by atoms with Gasteiger partial charge in [-0.25, -0.2) is 0 Å². The maximum atomic E-state index is 12.1. The Labute approximate surface area is 128 Å². The van der Waals surface area contributed by atoms with Crippen molar-refractivity contribution in [3.63, 3.8) is 0 Å². The molecule has 1 heterocycles. The molecule has 6 heteroatoms. The summed E-state index contributed by atoms with van der Waals surface area (Å²) >= 11 is 12.1. The number of hydrogen-bond acceptors (Lipinski definition) is 3. The molecule has 1 aromatic carbocycles. The van der Waals surface area contributed by atoms with Gasteiger partial charge in [0, 0.05) is 41.2 Å². The Morgan fingerprint density at radius 2 is 2.15 bits per heavy atom. The molecule has 20 heavy (non-hydrogen) atoms. The minimum Gasteiger partial charge on any atom is -0.380 e. The van der Waals surface area contributed by atoms with Crippen LogP contribution in [0.4, 0.5) is 0 Å². The molecule has 0 spiro atoms. The third-order valence-electron chi connectivity index (χ3n) is 3.30. The van der Waals surface area contributed by atoms with Crippen molar-refractivity contribution in [3.05, 3.63) is 33.3 Å². The van der Waals surface area contributed by atoms with Crippen molar-refractivity contribution < 1.29 is 9.53 Å². The Hall–Kier alpha value is -0.810. The Morgan fingerprint density at radius 3 is 2.85 bits per heavy atom. The van der Waals surface area contributed by atoms with Crippen LogP contribution in [0.15, 0.2) is 12.1 Å². The third-order valence-corrected chi connectivity index (χ3v) is 4.09. The number of halogens is 2. The van der Waals surface area contributed by atoms with Gasteiger partial charge < -0.3 is 15.4 Å². The molecular weight excluding hydrogens is 299 g/mol. The van der Waals surface area contributed by atoms with Crippen LogP contribution in [0, 0.1) is 12.8 Å². The minimum absolute atomic E-state index is 0.168. The molecule has 1 unspecified atom stereocenters. The van der Waals surface area contributed by atoms with E-state index in [0.717, 1.165) is 18.7 Å². The molecule has 0 saturated carbocycles. The molecule has 0 aliphatic carbocycles. The lowest BCUT2D eigenvalue weighted by molar-refractivity contribution is 0.0921. The van der Waals surface area contributed by atoms with E-state index < -0.39 is 0 Å². The van der Waals surface area contributed by atoms with Gasteiger partial charge in [0.1, 0.15) is 0 Å². The first-order chi connectivity index (χ1) is 9.58. The molecular formula is C14H18Cl2N2O2. The van der Waals surface area contributed by atoms with Gasteiger partial charge in [0.2, 0.25) is 0 Å². The van der Waals surface area contributed by atoms with E-state index in [2.05, 4.69) is 10.6 Å². The van der Waals surface area contributed by atoms with E-state index >= 15 is 0 Å². The molecule has 1 amide bonds. The first-order valence-electron chi connectivity index (χ1n) is 6.60. The molecule has 1 atom stereocenters. The number of benzene rings is 1. The predicted octanol–water partition coefficient (Wildman–Crippen LogP) is 2.27. The van der Waals surface area contributed by atoms with E-state index in [4.69, 9.17) is 27.9 Å². The summed E-state index contributed by atoms with van der Waals surface area (Å²) in [6, 6.07) is 3.28. The van der Waals surface area contributed by atoms with E-state index in [1.165, 1.54) is 0 Å². The van der Waals surface area contributed by atoms with Crippen molar-refractivity contribution in [3.8, 4) is 0 Å². The second-order valence-corrected chi connectivity index (χ2v) is 5.73. The molecule has 1 aliphatic heterocycles. The fourth-order valence-electron chi connectivity index (χ4n) is 2.01. The normalized spacial score (nSPS) is 19.4. The zero-order valence-corrected chi connectivity index (χ0v) is 12.9. The van der Waals surface area contributed by atoms with Crippen LogP contribution in [0.2, 0.25) is 10.0 Å². The minimum atomic E-state index is -0.168. The van der Waals surface area contributed by atoms with Crippen LogP contribution in [0.25, 0.3) is 0 Å². The molecule has 1 saturated heterocycles. The van der Waals surface area contributed by atoms with Crippen LogP contribution in [0.5, 0.6) is 0 Å². The molecule has 0 bridgehead atoms. The second kappa shape index (κ2) is 7.27. The van der Waals surface area contributed by atoms with Gasteiger partial charge in [-0.15, -0.1) is 0 Å².